The number of hydrogen-bond acceptors (Lipinski definition) is 5. The quantitative estimate of drug-likeness (QED) is 0.0310. The smallest absolute Gasteiger partial charge is 0.249 e. The maximum atomic E-state index is 12.6. The molecule has 0 bridgehead atoms. The molecule has 0 heterocycles. The number of hydrogen-bond donors (Lipinski definition) is 5. The van der Waals surface area contributed by atoms with Crippen LogP contribution in [0.1, 0.15) is 258 Å². The van der Waals surface area contributed by atoms with E-state index in [0.717, 1.165) is 51.4 Å². The molecule has 0 spiro atoms. The topological polar surface area (TPSA) is 110 Å². The molecule has 0 saturated heterocycles. The first-order valence-corrected chi connectivity index (χ1v) is 25.4. The van der Waals surface area contributed by atoms with Gasteiger partial charge in [0.25, 0.3) is 0 Å². The number of nitrogens with one attached hydrogen (secondary N) is 1. The lowest BCUT2D eigenvalue weighted by Gasteiger charge is -2.27. The number of unbranched alkanes of at least 4 members (excludes halogenated alkanes) is 31. The predicted octanol–water partition coefficient (Wildman–Crippen LogP) is 14.1. The van der Waals surface area contributed by atoms with E-state index in [4.69, 9.17) is 0 Å². The van der Waals surface area contributed by atoms with Crippen molar-refractivity contribution in [1.82, 2.24) is 5.32 Å². The Kier molecular flexibility index (Phi) is 45.4. The van der Waals surface area contributed by atoms with Crippen LogP contribution in [0, 0.1) is 0 Å². The summed E-state index contributed by atoms with van der Waals surface area (Å²) in [5.41, 5.74) is 0. The van der Waals surface area contributed by atoms with E-state index < -0.39 is 36.9 Å². The van der Waals surface area contributed by atoms with Crippen molar-refractivity contribution in [2.75, 3.05) is 6.61 Å². The average Bonchev–Trinajstić information content (AvgIpc) is 3.23. The lowest BCUT2D eigenvalue weighted by Crippen LogP contribution is -2.53. The Hall–Kier alpha value is -1.47. The summed E-state index contributed by atoms with van der Waals surface area (Å²) in [4.78, 5) is 12.6. The van der Waals surface area contributed by atoms with E-state index in [1.54, 1.807) is 0 Å². The summed E-state index contributed by atoms with van der Waals surface area (Å²) < 4.78 is 0. The Bertz CT molecular complexity index is 919. The van der Waals surface area contributed by atoms with Crippen molar-refractivity contribution >= 4 is 5.91 Å². The van der Waals surface area contributed by atoms with Crippen molar-refractivity contribution in [3.05, 3.63) is 36.5 Å². The number of aliphatic hydroxyl groups excluding tert-OH is 4. The standard InChI is InChI=1S/C52H99NO5/c1-3-5-7-9-11-13-15-17-19-21-23-25-26-28-29-31-33-35-37-39-41-43-45-49(55)51(57)48(47-54)53-52(58)50(56)46-44-42-40-38-36-34-32-30-27-24-22-20-18-16-14-12-10-8-6-4-2/h23,25,29,31,37,39,48-51,54-57H,3-22,24,26-28,30,32-36,38,40-47H2,1-2H3,(H,53,58)/b25-23+,31-29+,39-37+. The Morgan fingerprint density at radius 3 is 1.09 bits per heavy atom. The van der Waals surface area contributed by atoms with Gasteiger partial charge < -0.3 is 25.7 Å². The van der Waals surface area contributed by atoms with Gasteiger partial charge in [0.1, 0.15) is 12.2 Å². The minimum Gasteiger partial charge on any atom is -0.394 e. The van der Waals surface area contributed by atoms with Crippen LogP contribution < -0.4 is 5.32 Å². The zero-order valence-electron chi connectivity index (χ0n) is 38.5. The second kappa shape index (κ2) is 46.6. The van der Waals surface area contributed by atoms with Gasteiger partial charge in [-0.05, 0) is 64.2 Å². The Morgan fingerprint density at radius 2 is 0.724 bits per heavy atom. The maximum absolute atomic E-state index is 12.6. The fourth-order valence-corrected chi connectivity index (χ4v) is 7.79. The molecule has 0 aromatic heterocycles. The molecule has 0 saturated carbocycles. The minimum atomic E-state index is -1.29. The van der Waals surface area contributed by atoms with E-state index in [0.29, 0.717) is 19.3 Å². The molecule has 0 aliphatic heterocycles. The van der Waals surface area contributed by atoms with Crippen LogP contribution in [0.25, 0.3) is 0 Å². The Balaban J connectivity index is 3.75. The highest BCUT2D eigenvalue weighted by Crippen LogP contribution is 2.16. The molecule has 0 aromatic carbocycles. The van der Waals surface area contributed by atoms with Crippen LogP contribution in [-0.2, 0) is 4.79 Å². The first kappa shape index (κ1) is 56.5. The van der Waals surface area contributed by atoms with Crippen LogP contribution in [0.5, 0.6) is 0 Å². The van der Waals surface area contributed by atoms with Crippen LogP contribution in [0.15, 0.2) is 36.5 Å². The van der Waals surface area contributed by atoms with Gasteiger partial charge in [0, 0.05) is 0 Å². The fraction of sp³-hybridized carbons (Fsp3) is 0.865. The van der Waals surface area contributed by atoms with Crippen molar-refractivity contribution < 1.29 is 25.2 Å². The molecule has 0 fully saturated rings. The molecule has 6 nitrogen and oxygen atoms in total. The van der Waals surface area contributed by atoms with Crippen LogP contribution in [0.2, 0.25) is 0 Å². The second-order valence-corrected chi connectivity index (χ2v) is 17.5. The molecular weight excluding hydrogens is 719 g/mol. The van der Waals surface area contributed by atoms with Gasteiger partial charge in [-0.2, -0.15) is 0 Å². The molecule has 4 atom stereocenters. The van der Waals surface area contributed by atoms with Crippen molar-refractivity contribution in [2.45, 2.75) is 282 Å². The third kappa shape index (κ3) is 40.0. The molecule has 0 rings (SSSR count). The van der Waals surface area contributed by atoms with Gasteiger partial charge in [-0.15, -0.1) is 0 Å². The van der Waals surface area contributed by atoms with Gasteiger partial charge in [0.2, 0.25) is 5.91 Å². The molecule has 4 unspecified atom stereocenters. The summed E-state index contributed by atoms with van der Waals surface area (Å²) in [6, 6.07) is -1.01. The first-order valence-electron chi connectivity index (χ1n) is 25.4. The van der Waals surface area contributed by atoms with Gasteiger partial charge in [-0.1, -0.05) is 230 Å². The molecule has 0 aliphatic rings. The number of carbonyl (C=O) groups excluding carboxylic acids is 1. The maximum Gasteiger partial charge on any atom is 0.249 e. The minimum absolute atomic E-state index is 0.362. The highest BCUT2D eigenvalue weighted by Gasteiger charge is 2.28. The second-order valence-electron chi connectivity index (χ2n) is 17.5. The van der Waals surface area contributed by atoms with E-state index in [2.05, 4.69) is 55.6 Å². The molecule has 342 valence electrons. The zero-order valence-corrected chi connectivity index (χ0v) is 38.5. The van der Waals surface area contributed by atoms with Gasteiger partial charge in [0.15, 0.2) is 0 Å². The van der Waals surface area contributed by atoms with E-state index in [1.165, 1.54) is 173 Å². The highest BCUT2D eigenvalue weighted by molar-refractivity contribution is 5.80. The van der Waals surface area contributed by atoms with Crippen LogP contribution in [-0.4, -0.2) is 57.3 Å². The Morgan fingerprint density at radius 1 is 0.414 bits per heavy atom. The average molecular weight is 818 g/mol. The van der Waals surface area contributed by atoms with E-state index in [-0.39, 0.29) is 0 Å². The zero-order chi connectivity index (χ0) is 42.4. The van der Waals surface area contributed by atoms with Crippen molar-refractivity contribution in [3.63, 3.8) is 0 Å². The SMILES string of the molecule is CCCCCCCCCCC/C=C/CC/C=C/CC/C=C/CCCC(O)C(O)C(CO)NC(=O)C(O)CCCCCCCCCCCCCCCCCCCCCC. The normalized spacial score (nSPS) is 14.2. The number of aliphatic hydroxyl groups is 4. The Labute approximate surface area is 360 Å². The number of allylic oxidation sites excluding steroid dienone is 6. The van der Waals surface area contributed by atoms with E-state index >= 15 is 0 Å². The predicted molar refractivity (Wildman–Crippen MR) is 251 cm³/mol. The molecule has 0 aromatic rings. The molecule has 58 heavy (non-hydrogen) atoms. The lowest BCUT2D eigenvalue weighted by atomic mass is 10.00. The fourth-order valence-electron chi connectivity index (χ4n) is 7.79. The number of rotatable bonds is 46. The summed E-state index contributed by atoms with van der Waals surface area (Å²) in [6.45, 7) is 4.05. The third-order valence-electron chi connectivity index (χ3n) is 11.8. The van der Waals surface area contributed by atoms with Crippen molar-refractivity contribution in [1.29, 1.82) is 0 Å². The number of amides is 1. The van der Waals surface area contributed by atoms with Crippen LogP contribution in [0.4, 0.5) is 0 Å². The van der Waals surface area contributed by atoms with Gasteiger partial charge >= 0.3 is 0 Å². The van der Waals surface area contributed by atoms with Crippen molar-refractivity contribution in [2.24, 2.45) is 0 Å². The first-order chi connectivity index (χ1) is 28.5. The van der Waals surface area contributed by atoms with Gasteiger partial charge in [0.05, 0.1) is 18.8 Å². The molecule has 1 amide bonds. The van der Waals surface area contributed by atoms with Gasteiger partial charge in [-0.25, -0.2) is 0 Å². The van der Waals surface area contributed by atoms with E-state index in [9.17, 15) is 25.2 Å². The van der Waals surface area contributed by atoms with Crippen LogP contribution in [0.3, 0.4) is 0 Å². The molecule has 6 heteroatoms. The lowest BCUT2D eigenvalue weighted by molar-refractivity contribution is -0.132. The monoisotopic (exact) mass is 818 g/mol. The summed E-state index contributed by atoms with van der Waals surface area (Å²) in [7, 11) is 0. The highest BCUT2D eigenvalue weighted by atomic mass is 16.3. The molecular formula is C52H99NO5. The molecule has 5 N–H and O–H groups in total. The van der Waals surface area contributed by atoms with E-state index in [1.807, 2.05) is 0 Å². The molecule has 0 aliphatic carbocycles. The van der Waals surface area contributed by atoms with Crippen LogP contribution >= 0.6 is 0 Å². The number of carbonyl (C=O) groups is 1. The van der Waals surface area contributed by atoms with Gasteiger partial charge in [-0.3, -0.25) is 4.79 Å². The summed E-state index contributed by atoms with van der Waals surface area (Å²) in [6.07, 6.45) is 56.2. The summed E-state index contributed by atoms with van der Waals surface area (Å²) in [5, 5.41) is 43.8. The largest absolute Gasteiger partial charge is 0.394 e. The summed E-state index contributed by atoms with van der Waals surface area (Å²) >= 11 is 0. The molecule has 0 radical (unpaired) electrons. The summed E-state index contributed by atoms with van der Waals surface area (Å²) in [5.74, 6) is -0.596. The third-order valence-corrected chi connectivity index (χ3v) is 11.8. The van der Waals surface area contributed by atoms with Crippen molar-refractivity contribution in [3.8, 4) is 0 Å².